The molecule has 1 aromatic rings. The lowest BCUT2D eigenvalue weighted by Crippen LogP contribution is -2.41. The standard InChI is InChI=1S/C16H18N2O4/c1-2-21-15(19)14-8-13(9-17)10-18(14)16(20)22-11-12-6-4-3-5-7-12/h3-7,13-14H,2,8,10-11H2,1H3/t13?,14-/m1/s1. The molecule has 2 rings (SSSR count). The van der Waals surface area contributed by atoms with Crippen LogP contribution in [0.25, 0.3) is 0 Å². The van der Waals surface area contributed by atoms with E-state index in [4.69, 9.17) is 14.7 Å². The van der Waals surface area contributed by atoms with Gasteiger partial charge in [-0.05, 0) is 18.9 Å². The van der Waals surface area contributed by atoms with Gasteiger partial charge in [0, 0.05) is 6.54 Å². The molecule has 6 nitrogen and oxygen atoms in total. The third-order valence-corrected chi connectivity index (χ3v) is 3.48. The number of carbonyl (C=O) groups is 2. The quantitative estimate of drug-likeness (QED) is 0.796. The number of hydrogen-bond acceptors (Lipinski definition) is 5. The van der Waals surface area contributed by atoms with Crippen molar-refractivity contribution in [2.45, 2.75) is 26.0 Å². The van der Waals surface area contributed by atoms with Gasteiger partial charge in [0.15, 0.2) is 0 Å². The Morgan fingerprint density at radius 1 is 1.32 bits per heavy atom. The summed E-state index contributed by atoms with van der Waals surface area (Å²) in [5.41, 5.74) is 0.861. The van der Waals surface area contributed by atoms with Gasteiger partial charge in [0.2, 0.25) is 0 Å². The van der Waals surface area contributed by atoms with Gasteiger partial charge in [-0.2, -0.15) is 5.26 Å². The highest BCUT2D eigenvalue weighted by Gasteiger charge is 2.41. The Kier molecular flexibility index (Phi) is 5.37. The van der Waals surface area contributed by atoms with Crippen LogP contribution in [0.5, 0.6) is 0 Å². The van der Waals surface area contributed by atoms with E-state index in [9.17, 15) is 9.59 Å². The van der Waals surface area contributed by atoms with Gasteiger partial charge in [0.1, 0.15) is 12.6 Å². The normalized spacial score (nSPS) is 20.3. The molecule has 1 aromatic carbocycles. The van der Waals surface area contributed by atoms with Crippen LogP contribution in [-0.4, -0.2) is 36.2 Å². The molecule has 1 fully saturated rings. The zero-order valence-corrected chi connectivity index (χ0v) is 12.4. The highest BCUT2D eigenvalue weighted by Crippen LogP contribution is 2.25. The van der Waals surface area contributed by atoms with E-state index in [-0.39, 0.29) is 32.1 Å². The summed E-state index contributed by atoms with van der Waals surface area (Å²) in [5.74, 6) is -0.865. The minimum atomic E-state index is -0.743. The molecule has 0 aliphatic carbocycles. The van der Waals surface area contributed by atoms with Crippen LogP contribution in [0.2, 0.25) is 0 Å². The van der Waals surface area contributed by atoms with E-state index in [1.165, 1.54) is 4.90 Å². The molecule has 0 aromatic heterocycles. The molecule has 1 aliphatic heterocycles. The van der Waals surface area contributed by atoms with Gasteiger partial charge in [-0.25, -0.2) is 9.59 Å². The van der Waals surface area contributed by atoms with Crippen LogP contribution in [0.1, 0.15) is 18.9 Å². The van der Waals surface area contributed by atoms with Crippen molar-refractivity contribution in [3.05, 3.63) is 35.9 Å². The predicted molar refractivity (Wildman–Crippen MR) is 77.5 cm³/mol. The minimum absolute atomic E-state index is 0.128. The van der Waals surface area contributed by atoms with Crippen LogP contribution in [0, 0.1) is 17.2 Å². The Morgan fingerprint density at radius 2 is 2.05 bits per heavy atom. The second kappa shape index (κ2) is 7.46. The van der Waals surface area contributed by atoms with Gasteiger partial charge in [0.05, 0.1) is 18.6 Å². The maximum Gasteiger partial charge on any atom is 0.410 e. The second-order valence-electron chi connectivity index (χ2n) is 5.02. The number of nitrogens with zero attached hydrogens (tertiary/aromatic N) is 2. The van der Waals surface area contributed by atoms with E-state index in [1.807, 2.05) is 30.3 Å². The Bertz CT molecular complexity index is 567. The average molecular weight is 302 g/mol. The van der Waals surface area contributed by atoms with E-state index in [0.29, 0.717) is 0 Å². The first-order valence-corrected chi connectivity index (χ1v) is 7.19. The largest absolute Gasteiger partial charge is 0.464 e. The number of hydrogen-bond donors (Lipinski definition) is 0. The van der Waals surface area contributed by atoms with Crippen LogP contribution < -0.4 is 0 Å². The lowest BCUT2D eigenvalue weighted by Gasteiger charge is -2.22. The summed E-state index contributed by atoms with van der Waals surface area (Å²) in [5, 5.41) is 9.02. The SMILES string of the molecule is CCOC(=O)[C@H]1CC(C#N)CN1C(=O)OCc1ccccc1. The van der Waals surface area contributed by atoms with Crippen molar-refractivity contribution in [1.82, 2.24) is 4.90 Å². The highest BCUT2D eigenvalue weighted by atomic mass is 16.6. The summed E-state index contributed by atoms with van der Waals surface area (Å²) in [6.07, 6.45) is -0.310. The fourth-order valence-corrected chi connectivity index (χ4v) is 2.40. The Morgan fingerprint density at radius 3 is 2.68 bits per heavy atom. The zero-order chi connectivity index (χ0) is 15.9. The smallest absolute Gasteiger partial charge is 0.410 e. The van der Waals surface area contributed by atoms with Crippen molar-refractivity contribution in [2.75, 3.05) is 13.2 Å². The topological polar surface area (TPSA) is 79.6 Å². The molecule has 0 spiro atoms. The zero-order valence-electron chi connectivity index (χ0n) is 12.4. The predicted octanol–water partition coefficient (Wildman–Crippen LogP) is 2.10. The van der Waals surface area contributed by atoms with Gasteiger partial charge >= 0.3 is 12.1 Å². The molecule has 116 valence electrons. The lowest BCUT2D eigenvalue weighted by molar-refractivity contribution is -0.147. The molecule has 2 atom stereocenters. The lowest BCUT2D eigenvalue weighted by atomic mass is 10.1. The number of amides is 1. The molecule has 1 unspecified atom stereocenters. The molecule has 1 amide bonds. The number of carbonyl (C=O) groups excluding carboxylic acids is 2. The fraction of sp³-hybridized carbons (Fsp3) is 0.438. The van der Waals surface area contributed by atoms with Crippen molar-refractivity contribution >= 4 is 12.1 Å². The first-order valence-electron chi connectivity index (χ1n) is 7.19. The molecule has 0 radical (unpaired) electrons. The summed E-state index contributed by atoms with van der Waals surface area (Å²) in [6.45, 7) is 2.25. The van der Waals surface area contributed by atoms with E-state index in [2.05, 4.69) is 6.07 Å². The molecule has 1 saturated heterocycles. The number of rotatable bonds is 4. The average Bonchev–Trinajstić information content (AvgIpc) is 2.98. The van der Waals surface area contributed by atoms with Crippen LogP contribution in [0.4, 0.5) is 4.79 Å². The van der Waals surface area contributed by atoms with Crippen molar-refractivity contribution < 1.29 is 19.1 Å². The van der Waals surface area contributed by atoms with E-state index in [1.54, 1.807) is 6.92 Å². The number of benzene rings is 1. The molecule has 22 heavy (non-hydrogen) atoms. The van der Waals surface area contributed by atoms with Crippen LogP contribution >= 0.6 is 0 Å². The summed E-state index contributed by atoms with van der Waals surface area (Å²) >= 11 is 0. The maximum absolute atomic E-state index is 12.2. The van der Waals surface area contributed by atoms with Crippen molar-refractivity contribution in [2.24, 2.45) is 5.92 Å². The Hall–Kier alpha value is -2.55. The van der Waals surface area contributed by atoms with Gasteiger partial charge in [-0.3, -0.25) is 4.90 Å². The molecular weight excluding hydrogens is 284 g/mol. The first kappa shape index (κ1) is 15.8. The molecule has 1 heterocycles. The number of esters is 1. The fourth-order valence-electron chi connectivity index (χ4n) is 2.40. The first-order chi connectivity index (χ1) is 10.7. The summed E-state index contributed by atoms with van der Waals surface area (Å²) in [4.78, 5) is 25.4. The molecule has 0 saturated carbocycles. The van der Waals surface area contributed by atoms with Crippen LogP contribution in [-0.2, 0) is 20.9 Å². The summed E-state index contributed by atoms with van der Waals surface area (Å²) < 4.78 is 10.2. The van der Waals surface area contributed by atoms with Crippen molar-refractivity contribution in [3.8, 4) is 6.07 Å². The molecule has 1 aliphatic rings. The van der Waals surface area contributed by atoms with E-state index < -0.39 is 18.1 Å². The Balaban J connectivity index is 1.99. The van der Waals surface area contributed by atoms with Crippen molar-refractivity contribution in [3.63, 3.8) is 0 Å². The second-order valence-corrected chi connectivity index (χ2v) is 5.02. The van der Waals surface area contributed by atoms with Gasteiger partial charge in [-0.1, -0.05) is 30.3 Å². The third-order valence-electron chi connectivity index (χ3n) is 3.48. The minimum Gasteiger partial charge on any atom is -0.464 e. The van der Waals surface area contributed by atoms with Gasteiger partial charge in [0.25, 0.3) is 0 Å². The van der Waals surface area contributed by atoms with Gasteiger partial charge < -0.3 is 9.47 Å². The van der Waals surface area contributed by atoms with E-state index >= 15 is 0 Å². The number of likely N-dealkylation sites (tertiary alicyclic amines) is 1. The molecule has 6 heteroatoms. The van der Waals surface area contributed by atoms with Crippen molar-refractivity contribution in [1.29, 1.82) is 5.26 Å². The maximum atomic E-state index is 12.2. The third kappa shape index (κ3) is 3.76. The number of nitriles is 1. The molecule has 0 bridgehead atoms. The molecule has 0 N–H and O–H groups in total. The number of ether oxygens (including phenoxy) is 2. The molecular formula is C16H18N2O4. The van der Waals surface area contributed by atoms with Crippen LogP contribution in [0.15, 0.2) is 30.3 Å². The van der Waals surface area contributed by atoms with Crippen LogP contribution in [0.3, 0.4) is 0 Å². The van der Waals surface area contributed by atoms with Gasteiger partial charge in [-0.15, -0.1) is 0 Å². The monoisotopic (exact) mass is 302 g/mol. The van der Waals surface area contributed by atoms with E-state index in [0.717, 1.165) is 5.56 Å². The summed E-state index contributed by atoms with van der Waals surface area (Å²) in [7, 11) is 0. The highest BCUT2D eigenvalue weighted by molar-refractivity contribution is 5.82. The summed E-state index contributed by atoms with van der Waals surface area (Å²) in [6, 6.07) is 10.6. The Labute approximate surface area is 129 Å².